The summed E-state index contributed by atoms with van der Waals surface area (Å²) in [6, 6.07) is 16.0. The summed E-state index contributed by atoms with van der Waals surface area (Å²) in [6.07, 6.45) is -1.15. The molecule has 10 heteroatoms. The Hall–Kier alpha value is -3.92. The lowest BCUT2D eigenvalue weighted by Gasteiger charge is -2.32. The quantitative estimate of drug-likeness (QED) is 0.312. The normalized spacial score (nSPS) is 17.0. The van der Waals surface area contributed by atoms with Gasteiger partial charge in [-0.1, -0.05) is 88.4 Å². The van der Waals surface area contributed by atoms with Gasteiger partial charge in [-0.3, -0.25) is 14.4 Å². The number of hydrogen-bond donors (Lipinski definition) is 4. The molecule has 4 atom stereocenters. The Morgan fingerprint density at radius 1 is 0.902 bits per heavy atom. The number of benzene rings is 2. The zero-order valence-electron chi connectivity index (χ0n) is 24.2. The number of likely N-dealkylation sites (tertiary alicyclic amines) is 1. The summed E-state index contributed by atoms with van der Waals surface area (Å²) in [5, 5.41) is 19.0. The Labute approximate surface area is 241 Å². The average molecular weight is 567 g/mol. The average Bonchev–Trinajstić information content (AvgIpc) is 3.46. The van der Waals surface area contributed by atoms with Crippen LogP contribution in [-0.4, -0.2) is 64.6 Å². The number of ether oxygens (including phenoxy) is 1. The van der Waals surface area contributed by atoms with Crippen molar-refractivity contribution in [1.82, 2.24) is 20.9 Å². The number of rotatable bonds is 12. The van der Waals surface area contributed by atoms with Crippen LogP contribution in [0.5, 0.6) is 0 Å². The van der Waals surface area contributed by atoms with E-state index >= 15 is 0 Å². The maximum absolute atomic E-state index is 13.6. The molecule has 4 N–H and O–H groups in total. The second kappa shape index (κ2) is 15.2. The van der Waals surface area contributed by atoms with E-state index in [9.17, 15) is 24.3 Å². The van der Waals surface area contributed by atoms with Crippen LogP contribution < -0.4 is 16.0 Å². The lowest BCUT2D eigenvalue weighted by atomic mass is 9.97. The molecule has 3 rings (SSSR count). The number of aliphatic hydroxyl groups excluding tert-OH is 1. The van der Waals surface area contributed by atoms with Crippen molar-refractivity contribution >= 4 is 23.8 Å². The van der Waals surface area contributed by atoms with Crippen LogP contribution in [0.1, 0.15) is 51.7 Å². The number of amides is 4. The summed E-state index contributed by atoms with van der Waals surface area (Å²) < 4.78 is 5.31. The van der Waals surface area contributed by atoms with Crippen LogP contribution in [0.4, 0.5) is 4.79 Å². The molecule has 10 nitrogen and oxygen atoms in total. The molecule has 0 radical (unpaired) electrons. The molecule has 222 valence electrons. The standard InChI is InChI=1S/C31H42N4O6/c1-20(2)25(27(36)29(38)32-18-22-12-7-5-8-13-22)33-28(37)24-16-11-17-35(24)30(39)26(21(3)4)34-31(40)41-19-23-14-9-6-10-15-23/h5-10,12-15,20-21,24-27,36H,11,16-19H2,1-4H3,(H,32,38)(H,33,37)(H,34,40)/t24-,25-,26-,27?/m0/s1. The van der Waals surface area contributed by atoms with E-state index in [1.807, 2.05) is 74.5 Å². The number of hydrogen-bond acceptors (Lipinski definition) is 6. The number of carbonyl (C=O) groups is 4. The number of nitrogens with one attached hydrogen (secondary N) is 3. The Kier molecular flexibility index (Phi) is 11.7. The van der Waals surface area contributed by atoms with Crippen LogP contribution in [-0.2, 0) is 32.3 Å². The number of nitrogens with zero attached hydrogens (tertiary/aromatic N) is 1. The first-order valence-electron chi connectivity index (χ1n) is 14.2. The van der Waals surface area contributed by atoms with Crippen LogP contribution in [0.25, 0.3) is 0 Å². The van der Waals surface area contributed by atoms with Gasteiger partial charge in [0.05, 0.1) is 6.04 Å². The van der Waals surface area contributed by atoms with Gasteiger partial charge in [-0.25, -0.2) is 4.79 Å². The maximum Gasteiger partial charge on any atom is 0.408 e. The number of aliphatic hydroxyl groups is 1. The zero-order valence-corrected chi connectivity index (χ0v) is 24.2. The Bertz CT molecular complexity index is 1160. The van der Waals surface area contributed by atoms with Gasteiger partial charge in [0.25, 0.3) is 5.91 Å². The Morgan fingerprint density at radius 2 is 1.51 bits per heavy atom. The van der Waals surface area contributed by atoms with E-state index in [4.69, 9.17) is 4.74 Å². The molecule has 2 aromatic carbocycles. The molecule has 0 spiro atoms. The third-order valence-corrected chi connectivity index (χ3v) is 7.20. The molecule has 1 heterocycles. The molecule has 1 aliphatic heterocycles. The fourth-order valence-corrected chi connectivity index (χ4v) is 4.81. The summed E-state index contributed by atoms with van der Waals surface area (Å²) in [5.41, 5.74) is 1.71. The topological polar surface area (TPSA) is 137 Å². The summed E-state index contributed by atoms with van der Waals surface area (Å²) in [5.74, 6) is -1.93. The summed E-state index contributed by atoms with van der Waals surface area (Å²) in [4.78, 5) is 53.7. The van der Waals surface area contributed by atoms with Crippen LogP contribution in [0.2, 0.25) is 0 Å². The Balaban J connectivity index is 1.61. The molecule has 1 saturated heterocycles. The van der Waals surface area contributed by atoms with E-state index in [-0.39, 0.29) is 30.9 Å². The molecule has 1 aliphatic rings. The SMILES string of the molecule is CC(C)[C@H](NC(=O)[C@@H]1CCCN1C(=O)[C@@H](NC(=O)OCc1ccccc1)C(C)C)C(O)C(=O)NCc1ccccc1. The molecular formula is C31H42N4O6. The summed E-state index contributed by atoms with van der Waals surface area (Å²) in [7, 11) is 0. The van der Waals surface area contributed by atoms with Crippen molar-refractivity contribution < 1.29 is 29.0 Å². The van der Waals surface area contributed by atoms with E-state index in [1.165, 1.54) is 4.90 Å². The highest BCUT2D eigenvalue weighted by molar-refractivity contribution is 5.92. The minimum absolute atomic E-state index is 0.0677. The molecule has 4 amide bonds. The van der Waals surface area contributed by atoms with E-state index in [0.29, 0.717) is 19.4 Å². The van der Waals surface area contributed by atoms with Gasteiger partial charge >= 0.3 is 6.09 Å². The second-order valence-corrected chi connectivity index (χ2v) is 11.0. The zero-order chi connectivity index (χ0) is 29.9. The van der Waals surface area contributed by atoms with Crippen LogP contribution in [0.3, 0.4) is 0 Å². The highest BCUT2D eigenvalue weighted by atomic mass is 16.5. The van der Waals surface area contributed by atoms with Crippen molar-refractivity contribution in [1.29, 1.82) is 0 Å². The molecule has 0 bridgehead atoms. The first kappa shape index (κ1) is 31.6. The minimum atomic E-state index is -1.47. The number of carbonyl (C=O) groups excluding carboxylic acids is 4. The van der Waals surface area contributed by atoms with Gasteiger partial charge in [0.2, 0.25) is 11.8 Å². The largest absolute Gasteiger partial charge is 0.445 e. The van der Waals surface area contributed by atoms with Crippen molar-refractivity contribution in [3.63, 3.8) is 0 Å². The van der Waals surface area contributed by atoms with Crippen molar-refractivity contribution in [3.8, 4) is 0 Å². The lowest BCUT2D eigenvalue weighted by Crippen LogP contribution is -2.59. The van der Waals surface area contributed by atoms with Gasteiger partial charge in [0, 0.05) is 13.1 Å². The van der Waals surface area contributed by atoms with Crippen molar-refractivity contribution in [3.05, 3.63) is 71.8 Å². The van der Waals surface area contributed by atoms with Gasteiger partial charge in [0.15, 0.2) is 6.10 Å². The molecule has 0 aromatic heterocycles. The van der Waals surface area contributed by atoms with Crippen LogP contribution in [0.15, 0.2) is 60.7 Å². The molecule has 0 aliphatic carbocycles. The second-order valence-electron chi connectivity index (χ2n) is 11.0. The Morgan fingerprint density at radius 3 is 2.10 bits per heavy atom. The van der Waals surface area contributed by atoms with Gasteiger partial charge in [-0.2, -0.15) is 0 Å². The van der Waals surface area contributed by atoms with Crippen molar-refractivity contribution in [2.75, 3.05) is 6.54 Å². The fraction of sp³-hybridized carbons (Fsp3) is 0.484. The van der Waals surface area contributed by atoms with E-state index in [2.05, 4.69) is 16.0 Å². The smallest absolute Gasteiger partial charge is 0.408 e. The predicted octanol–water partition coefficient (Wildman–Crippen LogP) is 2.75. The molecule has 41 heavy (non-hydrogen) atoms. The highest BCUT2D eigenvalue weighted by Crippen LogP contribution is 2.21. The van der Waals surface area contributed by atoms with Crippen molar-refractivity contribution in [2.45, 2.75) is 77.9 Å². The van der Waals surface area contributed by atoms with E-state index in [1.54, 1.807) is 13.8 Å². The first-order valence-corrected chi connectivity index (χ1v) is 14.2. The minimum Gasteiger partial charge on any atom is -0.445 e. The molecule has 1 fully saturated rings. The van der Waals surface area contributed by atoms with E-state index in [0.717, 1.165) is 11.1 Å². The van der Waals surface area contributed by atoms with Gasteiger partial charge in [-0.05, 0) is 35.8 Å². The summed E-state index contributed by atoms with van der Waals surface area (Å²) in [6.45, 7) is 7.89. The third kappa shape index (κ3) is 9.04. The molecule has 2 aromatic rings. The van der Waals surface area contributed by atoms with Gasteiger partial charge in [-0.15, -0.1) is 0 Å². The molecule has 0 saturated carbocycles. The maximum atomic E-state index is 13.6. The lowest BCUT2D eigenvalue weighted by molar-refractivity contribution is -0.142. The van der Waals surface area contributed by atoms with Gasteiger partial charge < -0.3 is 30.7 Å². The van der Waals surface area contributed by atoms with Crippen molar-refractivity contribution in [2.24, 2.45) is 11.8 Å². The first-order chi connectivity index (χ1) is 19.6. The van der Waals surface area contributed by atoms with E-state index < -0.39 is 42.1 Å². The molecular weight excluding hydrogens is 524 g/mol. The predicted molar refractivity (Wildman–Crippen MR) is 154 cm³/mol. The fourth-order valence-electron chi connectivity index (χ4n) is 4.81. The summed E-state index contributed by atoms with van der Waals surface area (Å²) >= 11 is 0. The van der Waals surface area contributed by atoms with Crippen LogP contribution in [0, 0.1) is 11.8 Å². The molecule has 1 unspecified atom stereocenters. The third-order valence-electron chi connectivity index (χ3n) is 7.20. The number of alkyl carbamates (subject to hydrolysis) is 1. The highest BCUT2D eigenvalue weighted by Gasteiger charge is 2.40. The van der Waals surface area contributed by atoms with Crippen LogP contribution >= 0.6 is 0 Å². The van der Waals surface area contributed by atoms with Gasteiger partial charge in [0.1, 0.15) is 18.7 Å². The monoisotopic (exact) mass is 566 g/mol.